The molecule has 0 aliphatic heterocycles. The van der Waals surface area contributed by atoms with E-state index in [1.807, 2.05) is 36.4 Å². The number of carbonyl (C=O) groups excluding carboxylic acids is 2. The molecule has 2 aromatic carbocycles. The largest absolute Gasteiger partial charge is 0.497 e. The van der Waals surface area contributed by atoms with Gasteiger partial charge in [0.15, 0.2) is 12.6 Å². The van der Waals surface area contributed by atoms with Gasteiger partial charge in [0.05, 0.1) is 19.3 Å². The number of hydrogen-bond donors (Lipinski definition) is 3. The number of nitrogens with zero attached hydrogens (tertiary/aromatic N) is 3. The topological polar surface area (TPSA) is 131 Å². The first-order valence-corrected chi connectivity index (χ1v) is 10.1. The van der Waals surface area contributed by atoms with Crippen molar-refractivity contribution in [3.05, 3.63) is 54.1 Å². The van der Waals surface area contributed by atoms with Crippen LogP contribution >= 0.6 is 0 Å². The summed E-state index contributed by atoms with van der Waals surface area (Å²) in [6.45, 7) is 0.405. The second kappa shape index (κ2) is 12.8. The lowest BCUT2D eigenvalue weighted by Gasteiger charge is -2.26. The van der Waals surface area contributed by atoms with Crippen LogP contribution in [0.5, 0.6) is 11.5 Å². The Morgan fingerprint density at radius 3 is 2.21 bits per heavy atom. The summed E-state index contributed by atoms with van der Waals surface area (Å²) < 4.78 is 16.0. The van der Waals surface area contributed by atoms with Gasteiger partial charge >= 0.3 is 12.1 Å². The molecule has 4 N–H and O–H groups in total. The van der Waals surface area contributed by atoms with Crippen LogP contribution in [0.15, 0.2) is 53.5 Å². The first kappa shape index (κ1) is 25.3. The molecule has 0 aliphatic rings. The van der Waals surface area contributed by atoms with Gasteiger partial charge in [-0.05, 0) is 48.5 Å². The maximum atomic E-state index is 11.8. The number of amides is 3. The summed E-state index contributed by atoms with van der Waals surface area (Å²) in [4.78, 5) is 28.4. The van der Waals surface area contributed by atoms with Crippen molar-refractivity contribution in [2.45, 2.75) is 0 Å². The highest BCUT2D eigenvalue weighted by Gasteiger charge is 2.16. The molecule has 0 fully saturated rings. The van der Waals surface area contributed by atoms with Gasteiger partial charge in [0.2, 0.25) is 0 Å². The van der Waals surface area contributed by atoms with Crippen LogP contribution in [-0.4, -0.2) is 71.0 Å². The van der Waals surface area contributed by atoms with Gasteiger partial charge in [0.25, 0.3) is 0 Å². The molecule has 0 atom stereocenters. The SMILES string of the molecule is CNN(/C(=N\COC(=O)N(C)C)c1ccc(OCCNC(N)=O)cc1)c1ccc(OC)cc1. The van der Waals surface area contributed by atoms with Crippen LogP contribution in [0.4, 0.5) is 15.3 Å². The molecule has 2 rings (SSSR count). The Balaban J connectivity index is 2.25. The number of aliphatic imine (C=N–C) groups is 1. The molecule has 0 bridgehead atoms. The summed E-state index contributed by atoms with van der Waals surface area (Å²) in [6, 6.07) is 14.0. The summed E-state index contributed by atoms with van der Waals surface area (Å²) in [7, 11) is 6.56. The fourth-order valence-electron chi connectivity index (χ4n) is 2.70. The summed E-state index contributed by atoms with van der Waals surface area (Å²) in [6.07, 6.45) is -0.494. The maximum Gasteiger partial charge on any atom is 0.411 e. The van der Waals surface area contributed by atoms with Crippen molar-refractivity contribution in [2.75, 3.05) is 53.1 Å². The third-order valence-corrected chi connectivity index (χ3v) is 4.32. The number of hydrazine groups is 1. The number of ether oxygens (including phenoxy) is 3. The zero-order valence-corrected chi connectivity index (χ0v) is 19.2. The van der Waals surface area contributed by atoms with E-state index in [9.17, 15) is 9.59 Å². The Labute approximate surface area is 193 Å². The third kappa shape index (κ3) is 7.89. The number of methoxy groups -OCH3 is 1. The van der Waals surface area contributed by atoms with E-state index in [1.54, 1.807) is 45.4 Å². The molecule has 2 aromatic rings. The van der Waals surface area contributed by atoms with Gasteiger partial charge in [-0.1, -0.05) is 0 Å². The van der Waals surface area contributed by atoms with Crippen molar-refractivity contribution < 1.29 is 23.8 Å². The van der Waals surface area contributed by atoms with Gasteiger partial charge in [-0.2, -0.15) is 0 Å². The minimum Gasteiger partial charge on any atom is -0.497 e. The molecule has 178 valence electrons. The predicted molar refractivity (Wildman–Crippen MR) is 126 cm³/mol. The Morgan fingerprint density at radius 1 is 1.03 bits per heavy atom. The van der Waals surface area contributed by atoms with Crippen molar-refractivity contribution in [2.24, 2.45) is 10.7 Å². The van der Waals surface area contributed by atoms with Crippen LogP contribution in [0.3, 0.4) is 0 Å². The van der Waals surface area contributed by atoms with Crippen LogP contribution in [0.1, 0.15) is 5.56 Å². The number of nitrogens with one attached hydrogen (secondary N) is 2. The Bertz CT molecular complexity index is 931. The van der Waals surface area contributed by atoms with Crippen LogP contribution in [0.25, 0.3) is 0 Å². The lowest BCUT2D eigenvalue weighted by molar-refractivity contribution is 0.121. The lowest BCUT2D eigenvalue weighted by Crippen LogP contribution is -2.41. The molecule has 0 aliphatic carbocycles. The first-order valence-electron chi connectivity index (χ1n) is 10.1. The normalized spacial score (nSPS) is 10.8. The number of rotatable bonds is 10. The molecule has 11 heteroatoms. The number of hydrogen-bond acceptors (Lipinski definition) is 7. The van der Waals surface area contributed by atoms with Gasteiger partial charge in [-0.15, -0.1) is 0 Å². The van der Waals surface area contributed by atoms with E-state index in [0.717, 1.165) is 17.0 Å². The van der Waals surface area contributed by atoms with Crippen LogP contribution in [0, 0.1) is 0 Å². The fraction of sp³-hybridized carbons (Fsp3) is 0.318. The number of nitrogens with two attached hydrogens (primary N) is 1. The van der Waals surface area contributed by atoms with E-state index < -0.39 is 12.1 Å². The van der Waals surface area contributed by atoms with Gasteiger partial charge in [0.1, 0.15) is 18.1 Å². The standard InChI is InChI=1S/C22H30N6O5/c1-24-28(17-7-11-18(31-4)12-8-17)20(26-15-33-22(30)27(2)3)16-5-9-19(10-6-16)32-14-13-25-21(23)29/h5-12,24H,13-15H2,1-4H3,(H3,23,25,29)/b26-20-. The number of amidine groups is 1. The van der Waals surface area contributed by atoms with E-state index in [2.05, 4.69) is 15.7 Å². The van der Waals surface area contributed by atoms with Crippen molar-refractivity contribution in [3.8, 4) is 11.5 Å². The van der Waals surface area contributed by atoms with E-state index in [4.69, 9.17) is 19.9 Å². The summed E-state index contributed by atoms with van der Waals surface area (Å²) in [5.41, 5.74) is 9.70. The molecule has 0 saturated carbocycles. The van der Waals surface area contributed by atoms with Crippen molar-refractivity contribution >= 4 is 23.6 Å². The van der Waals surface area contributed by atoms with Gasteiger partial charge in [-0.25, -0.2) is 20.0 Å². The molecule has 0 unspecified atom stereocenters. The Hall–Kier alpha value is -3.99. The van der Waals surface area contributed by atoms with E-state index in [0.29, 0.717) is 18.1 Å². The van der Waals surface area contributed by atoms with Gasteiger partial charge in [-0.3, -0.25) is 5.01 Å². The van der Waals surface area contributed by atoms with Crippen molar-refractivity contribution in [1.82, 2.24) is 15.6 Å². The highest BCUT2D eigenvalue weighted by atomic mass is 16.6. The molecule has 0 spiro atoms. The number of benzene rings is 2. The summed E-state index contributed by atoms with van der Waals surface area (Å²) >= 11 is 0. The maximum absolute atomic E-state index is 11.8. The average molecular weight is 459 g/mol. The monoisotopic (exact) mass is 458 g/mol. The van der Waals surface area contributed by atoms with Crippen molar-refractivity contribution in [3.63, 3.8) is 0 Å². The zero-order chi connectivity index (χ0) is 24.2. The number of anilines is 1. The highest BCUT2D eigenvalue weighted by molar-refractivity contribution is 6.09. The second-order valence-electron chi connectivity index (χ2n) is 6.84. The molecule has 11 nitrogen and oxygen atoms in total. The van der Waals surface area contributed by atoms with Crippen LogP contribution in [0.2, 0.25) is 0 Å². The number of carbonyl (C=O) groups is 2. The smallest absolute Gasteiger partial charge is 0.411 e. The zero-order valence-electron chi connectivity index (χ0n) is 19.2. The first-order chi connectivity index (χ1) is 15.8. The van der Waals surface area contributed by atoms with E-state index in [1.165, 1.54) is 4.90 Å². The molecule has 0 aromatic heterocycles. The fourth-order valence-corrected chi connectivity index (χ4v) is 2.70. The van der Waals surface area contributed by atoms with Gasteiger partial charge < -0.3 is 30.2 Å². The summed E-state index contributed by atoms with van der Waals surface area (Å²) in [5.74, 6) is 1.86. The molecule has 0 heterocycles. The van der Waals surface area contributed by atoms with Crippen LogP contribution < -0.4 is 31.0 Å². The Morgan fingerprint density at radius 2 is 1.67 bits per heavy atom. The number of urea groups is 1. The van der Waals surface area contributed by atoms with Crippen LogP contribution in [-0.2, 0) is 4.74 Å². The average Bonchev–Trinajstić information content (AvgIpc) is 2.81. The molecular weight excluding hydrogens is 428 g/mol. The highest BCUT2D eigenvalue weighted by Crippen LogP contribution is 2.21. The van der Waals surface area contributed by atoms with E-state index >= 15 is 0 Å². The lowest BCUT2D eigenvalue weighted by atomic mass is 10.1. The molecule has 0 saturated heterocycles. The number of primary amides is 1. The molecule has 0 radical (unpaired) electrons. The minimum atomic E-state index is -0.601. The molecule has 33 heavy (non-hydrogen) atoms. The quantitative estimate of drug-likeness (QED) is 0.214. The van der Waals surface area contributed by atoms with E-state index in [-0.39, 0.29) is 13.3 Å². The van der Waals surface area contributed by atoms with Gasteiger partial charge in [0, 0.05) is 26.7 Å². The minimum absolute atomic E-state index is 0.169. The second-order valence-corrected chi connectivity index (χ2v) is 6.84. The van der Waals surface area contributed by atoms with Crippen molar-refractivity contribution in [1.29, 1.82) is 0 Å². The molecular formula is C22H30N6O5. The summed E-state index contributed by atoms with van der Waals surface area (Å²) in [5, 5.41) is 4.22. The third-order valence-electron chi connectivity index (χ3n) is 4.32. The molecule has 3 amide bonds. The Kier molecular flexibility index (Phi) is 9.78. The predicted octanol–water partition coefficient (Wildman–Crippen LogP) is 1.79.